The van der Waals surface area contributed by atoms with Crippen molar-refractivity contribution in [2.75, 3.05) is 7.11 Å². The summed E-state index contributed by atoms with van der Waals surface area (Å²) in [4.78, 5) is 12.2. The number of aliphatic hydroxyl groups excluding tert-OH is 1. The van der Waals surface area contributed by atoms with Gasteiger partial charge >= 0.3 is 0 Å². The number of hydrogen-bond donors (Lipinski definition) is 3. The molecule has 3 N–H and O–H groups in total. The normalized spacial score (nSPS) is 26.6. The Morgan fingerprint density at radius 2 is 2.19 bits per heavy atom. The van der Waals surface area contributed by atoms with Gasteiger partial charge in [-0.15, -0.1) is 0 Å². The number of aromatic amines is 1. The molecule has 6 nitrogen and oxygen atoms in total. The van der Waals surface area contributed by atoms with Crippen molar-refractivity contribution < 1.29 is 14.6 Å². The minimum atomic E-state index is -0.672. The molecule has 0 aliphatic heterocycles. The summed E-state index contributed by atoms with van der Waals surface area (Å²) in [6, 6.07) is 1.48. The first-order valence-corrected chi connectivity index (χ1v) is 7.40. The molecule has 0 radical (unpaired) electrons. The predicted molar refractivity (Wildman–Crippen MR) is 79.2 cm³/mol. The average Bonchev–Trinajstić information content (AvgIpc) is 2.91. The van der Waals surface area contributed by atoms with Crippen LogP contribution in [0.4, 0.5) is 0 Å². The van der Waals surface area contributed by atoms with E-state index >= 15 is 0 Å². The number of rotatable bonds is 3. The second kappa shape index (κ2) is 6.15. The number of nitrogens with one attached hydrogen (secondary N) is 2. The smallest absolute Gasteiger partial charge is 0.272 e. The number of ether oxygens (including phenoxy) is 1. The molecule has 1 aliphatic carbocycles. The third-order valence-electron chi connectivity index (χ3n) is 4.03. The minimum Gasteiger partial charge on any atom is -0.388 e. The van der Waals surface area contributed by atoms with Crippen molar-refractivity contribution >= 4 is 5.91 Å². The number of carbonyl (C=O) groups is 1. The van der Waals surface area contributed by atoms with Crippen LogP contribution in [0.2, 0.25) is 0 Å². The van der Waals surface area contributed by atoms with Crippen LogP contribution in [0, 0.1) is 0 Å². The first-order valence-electron chi connectivity index (χ1n) is 7.40. The highest BCUT2D eigenvalue weighted by atomic mass is 16.5. The average molecular weight is 295 g/mol. The van der Waals surface area contributed by atoms with Gasteiger partial charge in [-0.05, 0) is 25.3 Å². The van der Waals surface area contributed by atoms with E-state index in [0.29, 0.717) is 5.69 Å². The van der Waals surface area contributed by atoms with Crippen molar-refractivity contribution in [2.24, 2.45) is 0 Å². The Bertz CT molecular complexity index is 493. The fraction of sp³-hybridized carbons (Fsp3) is 0.733. The lowest BCUT2D eigenvalue weighted by Gasteiger charge is -2.34. The molecule has 0 saturated heterocycles. The first kappa shape index (κ1) is 16.0. The summed E-state index contributed by atoms with van der Waals surface area (Å²) in [5, 5.41) is 20.0. The van der Waals surface area contributed by atoms with E-state index in [-0.39, 0.29) is 23.5 Å². The number of methoxy groups -OCH3 is 1. The summed E-state index contributed by atoms with van der Waals surface area (Å²) in [6.07, 6.45) is 1.61. The Kier molecular flexibility index (Phi) is 4.68. The van der Waals surface area contributed by atoms with Crippen molar-refractivity contribution in [3.63, 3.8) is 0 Å². The summed E-state index contributed by atoms with van der Waals surface area (Å²) in [6.45, 7) is 6.16. The van der Waals surface area contributed by atoms with Crippen LogP contribution in [-0.2, 0) is 10.2 Å². The van der Waals surface area contributed by atoms with Gasteiger partial charge in [0.15, 0.2) is 0 Å². The summed E-state index contributed by atoms with van der Waals surface area (Å²) >= 11 is 0. The minimum absolute atomic E-state index is 0.0863. The Morgan fingerprint density at radius 1 is 1.48 bits per heavy atom. The van der Waals surface area contributed by atoms with E-state index in [9.17, 15) is 9.90 Å². The number of aromatic nitrogens is 2. The van der Waals surface area contributed by atoms with Crippen LogP contribution >= 0.6 is 0 Å². The van der Waals surface area contributed by atoms with E-state index in [1.807, 2.05) is 0 Å². The zero-order chi connectivity index (χ0) is 15.6. The van der Waals surface area contributed by atoms with Crippen LogP contribution in [0.15, 0.2) is 6.07 Å². The van der Waals surface area contributed by atoms with E-state index in [4.69, 9.17) is 4.74 Å². The molecule has 1 amide bonds. The van der Waals surface area contributed by atoms with E-state index in [0.717, 1.165) is 25.0 Å². The highest BCUT2D eigenvalue weighted by Gasteiger charge is 2.33. The van der Waals surface area contributed by atoms with Crippen molar-refractivity contribution in [2.45, 2.75) is 63.7 Å². The Labute approximate surface area is 125 Å². The third kappa shape index (κ3) is 3.63. The highest BCUT2D eigenvalue weighted by Crippen LogP contribution is 2.23. The molecule has 2 rings (SSSR count). The van der Waals surface area contributed by atoms with Crippen LogP contribution in [0.3, 0.4) is 0 Å². The quantitative estimate of drug-likeness (QED) is 0.786. The summed E-state index contributed by atoms with van der Waals surface area (Å²) < 4.78 is 5.25. The number of amides is 1. The molecule has 6 heteroatoms. The van der Waals surface area contributed by atoms with Gasteiger partial charge in [-0.2, -0.15) is 5.10 Å². The number of nitrogens with zero attached hydrogens (tertiary/aromatic N) is 1. The molecule has 1 aromatic rings. The van der Waals surface area contributed by atoms with Crippen LogP contribution < -0.4 is 5.32 Å². The van der Waals surface area contributed by atoms with E-state index < -0.39 is 6.10 Å². The second-order valence-corrected chi connectivity index (χ2v) is 6.69. The van der Waals surface area contributed by atoms with Crippen molar-refractivity contribution in [1.82, 2.24) is 15.5 Å². The van der Waals surface area contributed by atoms with Crippen LogP contribution in [0.25, 0.3) is 0 Å². The number of hydrogen-bond acceptors (Lipinski definition) is 4. The van der Waals surface area contributed by atoms with Gasteiger partial charge in [0.2, 0.25) is 0 Å². The van der Waals surface area contributed by atoms with E-state index in [1.54, 1.807) is 13.2 Å². The van der Waals surface area contributed by atoms with Gasteiger partial charge in [-0.3, -0.25) is 9.89 Å². The molecular formula is C15H25N3O3. The number of aliphatic hydroxyl groups is 1. The van der Waals surface area contributed by atoms with Crippen LogP contribution in [0.5, 0.6) is 0 Å². The number of carbonyl (C=O) groups excluding carboxylic acids is 1. The molecule has 118 valence electrons. The fourth-order valence-corrected chi connectivity index (χ4v) is 2.62. The van der Waals surface area contributed by atoms with Gasteiger partial charge in [0.1, 0.15) is 11.8 Å². The van der Waals surface area contributed by atoms with E-state index in [1.165, 1.54) is 0 Å². The van der Waals surface area contributed by atoms with Gasteiger partial charge in [0.05, 0.1) is 12.1 Å². The molecule has 0 spiro atoms. The molecule has 1 fully saturated rings. The molecule has 0 bridgehead atoms. The van der Waals surface area contributed by atoms with Crippen molar-refractivity contribution in [1.29, 1.82) is 0 Å². The maximum absolute atomic E-state index is 12.2. The van der Waals surface area contributed by atoms with Gasteiger partial charge in [-0.1, -0.05) is 20.8 Å². The summed E-state index contributed by atoms with van der Waals surface area (Å²) in [7, 11) is 1.58. The van der Waals surface area contributed by atoms with Crippen LogP contribution in [-0.4, -0.2) is 46.6 Å². The van der Waals surface area contributed by atoms with Gasteiger partial charge in [-0.25, -0.2) is 0 Å². The largest absolute Gasteiger partial charge is 0.388 e. The Balaban J connectivity index is 2.02. The molecule has 1 aromatic heterocycles. The zero-order valence-corrected chi connectivity index (χ0v) is 13.1. The van der Waals surface area contributed by atoms with Gasteiger partial charge in [0, 0.05) is 18.2 Å². The molecule has 0 aromatic carbocycles. The topological polar surface area (TPSA) is 87.2 Å². The number of H-pyrrole nitrogens is 1. The van der Waals surface area contributed by atoms with Crippen molar-refractivity contribution in [3.8, 4) is 0 Å². The lowest BCUT2D eigenvalue weighted by Crippen LogP contribution is -2.51. The predicted octanol–water partition coefficient (Wildman–Crippen LogP) is 1.37. The molecule has 1 saturated carbocycles. The van der Waals surface area contributed by atoms with Gasteiger partial charge in [0.25, 0.3) is 5.91 Å². The monoisotopic (exact) mass is 295 g/mol. The molecular weight excluding hydrogens is 270 g/mol. The fourth-order valence-electron chi connectivity index (χ4n) is 2.62. The van der Waals surface area contributed by atoms with Gasteiger partial charge < -0.3 is 15.2 Å². The maximum atomic E-state index is 12.2. The molecule has 1 aliphatic rings. The first-order chi connectivity index (χ1) is 9.82. The Morgan fingerprint density at radius 3 is 2.76 bits per heavy atom. The zero-order valence-electron chi connectivity index (χ0n) is 13.1. The maximum Gasteiger partial charge on any atom is 0.272 e. The highest BCUT2D eigenvalue weighted by molar-refractivity contribution is 5.92. The third-order valence-corrected chi connectivity index (χ3v) is 4.03. The molecule has 0 unspecified atom stereocenters. The lowest BCUT2D eigenvalue weighted by atomic mass is 9.89. The molecule has 1 heterocycles. The Hall–Kier alpha value is -1.40. The standard InChI is InChI=1S/C15H25N3O3/c1-15(2,3)12-8-10(17-18-12)14(20)16-9-6-5-7-11(21-4)13(9)19/h8-9,11,13,19H,5-7H2,1-4H3,(H,16,20)(H,17,18)/t9-,11-,13-/m1/s1. The summed E-state index contributed by atoms with van der Waals surface area (Å²) in [5.41, 5.74) is 1.18. The summed E-state index contributed by atoms with van der Waals surface area (Å²) in [5.74, 6) is -0.262. The second-order valence-electron chi connectivity index (χ2n) is 6.69. The van der Waals surface area contributed by atoms with Crippen LogP contribution in [0.1, 0.15) is 56.2 Å². The lowest BCUT2D eigenvalue weighted by molar-refractivity contribution is -0.0513. The molecule has 21 heavy (non-hydrogen) atoms. The van der Waals surface area contributed by atoms with E-state index in [2.05, 4.69) is 36.3 Å². The van der Waals surface area contributed by atoms with Crippen molar-refractivity contribution in [3.05, 3.63) is 17.5 Å². The molecule has 3 atom stereocenters. The SMILES string of the molecule is CO[C@@H]1CCC[C@@H](NC(=O)c2cc(C(C)(C)C)[nH]n2)[C@H]1O.